The van der Waals surface area contributed by atoms with Crippen LogP contribution in [0.25, 0.3) is 21.9 Å². The molecule has 4 aromatic rings. The summed E-state index contributed by atoms with van der Waals surface area (Å²) in [6, 6.07) is 8.67. The number of nitrogens with one attached hydrogen (secondary N) is 2. The molecular formula is C21H20F3N5O. The minimum atomic E-state index is -4.48. The van der Waals surface area contributed by atoms with Gasteiger partial charge in [0.25, 0.3) is 0 Å². The number of fused-ring (bicyclic) bond motifs is 3. The SMILES string of the molecule is COc1cccc2c1[nH]c1c(NC(C)c3cc(N)cc(C(F)(F)F)c3)nc(C)nc12. The van der Waals surface area contributed by atoms with Gasteiger partial charge >= 0.3 is 6.18 Å². The van der Waals surface area contributed by atoms with E-state index in [-0.39, 0.29) is 5.69 Å². The third-order valence-electron chi connectivity index (χ3n) is 4.93. The molecule has 30 heavy (non-hydrogen) atoms. The van der Waals surface area contributed by atoms with Crippen LogP contribution in [0.3, 0.4) is 0 Å². The molecule has 0 fully saturated rings. The van der Waals surface area contributed by atoms with Crippen molar-refractivity contribution < 1.29 is 17.9 Å². The quantitative estimate of drug-likeness (QED) is 0.399. The summed E-state index contributed by atoms with van der Waals surface area (Å²) >= 11 is 0. The Bertz CT molecular complexity index is 1250. The highest BCUT2D eigenvalue weighted by molar-refractivity contribution is 6.10. The first kappa shape index (κ1) is 19.8. The Kier molecular flexibility index (Phi) is 4.68. The van der Waals surface area contributed by atoms with Crippen molar-refractivity contribution in [2.45, 2.75) is 26.1 Å². The van der Waals surface area contributed by atoms with Gasteiger partial charge in [-0.05, 0) is 43.7 Å². The standard InChI is InChI=1S/C21H20F3N5O/c1-10(12-7-13(21(22,23)24)9-14(25)8-12)26-20-19-18(27-11(2)28-20)15-5-4-6-16(30-3)17(15)29-19/h4-10,29H,25H2,1-3H3,(H,26,27,28). The average Bonchev–Trinajstić information content (AvgIpc) is 3.05. The van der Waals surface area contributed by atoms with Gasteiger partial charge < -0.3 is 20.8 Å². The zero-order chi connectivity index (χ0) is 21.6. The van der Waals surface area contributed by atoms with E-state index in [1.54, 1.807) is 21.0 Å². The molecule has 0 aliphatic heterocycles. The van der Waals surface area contributed by atoms with Gasteiger partial charge in [-0.25, -0.2) is 9.97 Å². The highest BCUT2D eigenvalue weighted by atomic mass is 19.4. The molecule has 0 saturated carbocycles. The highest BCUT2D eigenvalue weighted by Gasteiger charge is 2.31. The Balaban J connectivity index is 1.80. The number of nitrogen functional groups attached to an aromatic ring is 1. The highest BCUT2D eigenvalue weighted by Crippen LogP contribution is 2.36. The van der Waals surface area contributed by atoms with Gasteiger partial charge in [0.05, 0.1) is 24.2 Å². The number of aromatic nitrogens is 3. The minimum absolute atomic E-state index is 0.0489. The maximum atomic E-state index is 13.2. The van der Waals surface area contributed by atoms with Crippen molar-refractivity contribution in [2.75, 3.05) is 18.2 Å². The molecule has 2 aromatic heterocycles. The fraction of sp³-hybridized carbons (Fsp3) is 0.238. The zero-order valence-corrected chi connectivity index (χ0v) is 16.6. The topological polar surface area (TPSA) is 88.8 Å². The molecule has 2 aromatic carbocycles. The lowest BCUT2D eigenvalue weighted by atomic mass is 10.0. The van der Waals surface area contributed by atoms with Crippen molar-refractivity contribution in [2.24, 2.45) is 0 Å². The van der Waals surface area contributed by atoms with Gasteiger partial charge in [-0.2, -0.15) is 13.2 Å². The molecule has 9 heteroatoms. The third-order valence-corrected chi connectivity index (χ3v) is 4.93. The van der Waals surface area contributed by atoms with Crippen molar-refractivity contribution >= 4 is 33.4 Å². The van der Waals surface area contributed by atoms with E-state index < -0.39 is 17.8 Å². The molecule has 4 N–H and O–H groups in total. The van der Waals surface area contributed by atoms with Crippen molar-refractivity contribution in [3.05, 3.63) is 53.3 Å². The number of hydrogen-bond acceptors (Lipinski definition) is 5. The lowest BCUT2D eigenvalue weighted by molar-refractivity contribution is -0.137. The molecule has 0 aliphatic carbocycles. The molecule has 0 bridgehead atoms. The summed E-state index contributed by atoms with van der Waals surface area (Å²) in [6.07, 6.45) is -4.48. The second-order valence-corrected chi connectivity index (χ2v) is 7.10. The fourth-order valence-electron chi connectivity index (χ4n) is 3.52. The van der Waals surface area contributed by atoms with Crippen LogP contribution in [0.5, 0.6) is 5.75 Å². The van der Waals surface area contributed by atoms with Gasteiger partial charge in [0, 0.05) is 11.1 Å². The molecule has 0 spiro atoms. The number of alkyl halides is 3. The Labute approximate surface area is 170 Å². The van der Waals surface area contributed by atoms with Gasteiger partial charge in [-0.15, -0.1) is 0 Å². The van der Waals surface area contributed by atoms with Crippen LogP contribution in [0.1, 0.15) is 29.9 Å². The maximum Gasteiger partial charge on any atom is 0.416 e. The fourth-order valence-corrected chi connectivity index (χ4v) is 3.52. The van der Waals surface area contributed by atoms with Crippen molar-refractivity contribution in [1.29, 1.82) is 0 Å². The van der Waals surface area contributed by atoms with Crippen LogP contribution in [0.4, 0.5) is 24.7 Å². The van der Waals surface area contributed by atoms with E-state index in [0.717, 1.165) is 23.0 Å². The Morgan fingerprint density at radius 1 is 1.13 bits per heavy atom. The third kappa shape index (κ3) is 3.47. The minimum Gasteiger partial charge on any atom is -0.495 e. The molecule has 6 nitrogen and oxygen atoms in total. The van der Waals surface area contributed by atoms with E-state index in [4.69, 9.17) is 10.5 Å². The summed E-state index contributed by atoms with van der Waals surface area (Å²) in [7, 11) is 1.58. The van der Waals surface area contributed by atoms with Gasteiger partial charge in [0.15, 0.2) is 5.82 Å². The van der Waals surface area contributed by atoms with Gasteiger partial charge in [-0.3, -0.25) is 0 Å². The number of aryl methyl sites for hydroxylation is 1. The summed E-state index contributed by atoms with van der Waals surface area (Å²) in [6.45, 7) is 3.51. The molecule has 0 aliphatic rings. The summed E-state index contributed by atoms with van der Waals surface area (Å²) in [5.74, 6) is 1.68. The first-order valence-electron chi connectivity index (χ1n) is 9.24. The van der Waals surface area contributed by atoms with Crippen LogP contribution >= 0.6 is 0 Å². The second kappa shape index (κ2) is 7.08. The normalized spacial score (nSPS) is 13.0. The second-order valence-electron chi connectivity index (χ2n) is 7.10. The number of halogens is 3. The number of nitrogens with zero attached hydrogens (tertiary/aromatic N) is 2. The predicted octanol–water partition coefficient (Wildman–Crippen LogP) is 5.20. The summed E-state index contributed by atoms with van der Waals surface area (Å²) in [4.78, 5) is 12.3. The van der Waals surface area contributed by atoms with Gasteiger partial charge in [0.2, 0.25) is 0 Å². The molecule has 1 unspecified atom stereocenters. The Morgan fingerprint density at radius 2 is 1.90 bits per heavy atom. The number of rotatable bonds is 4. The molecule has 0 saturated heterocycles. The summed E-state index contributed by atoms with van der Waals surface area (Å²) in [5.41, 5.74) is 7.50. The smallest absolute Gasteiger partial charge is 0.416 e. The molecule has 1 atom stereocenters. The van der Waals surface area contributed by atoms with Crippen molar-refractivity contribution in [3.63, 3.8) is 0 Å². The number of H-pyrrole nitrogens is 1. The lowest BCUT2D eigenvalue weighted by Gasteiger charge is -2.18. The van der Waals surface area contributed by atoms with Gasteiger partial charge in [0.1, 0.15) is 22.6 Å². The van der Waals surface area contributed by atoms with E-state index in [1.807, 2.05) is 18.2 Å². The predicted molar refractivity (Wildman–Crippen MR) is 111 cm³/mol. The number of benzene rings is 2. The molecule has 4 rings (SSSR count). The molecular weight excluding hydrogens is 395 g/mol. The number of hydrogen-bond donors (Lipinski definition) is 3. The number of anilines is 2. The van der Waals surface area contributed by atoms with Crippen molar-refractivity contribution in [3.8, 4) is 5.75 Å². The van der Waals surface area contributed by atoms with E-state index >= 15 is 0 Å². The largest absolute Gasteiger partial charge is 0.495 e. The molecule has 0 amide bonds. The Hall–Kier alpha value is -3.49. The van der Waals surface area contributed by atoms with Crippen LogP contribution in [0, 0.1) is 6.92 Å². The van der Waals surface area contributed by atoms with Crippen LogP contribution in [-0.4, -0.2) is 22.1 Å². The number of nitrogens with two attached hydrogens (primary N) is 1. The van der Waals surface area contributed by atoms with E-state index in [2.05, 4.69) is 20.3 Å². The molecule has 2 heterocycles. The number of aromatic amines is 1. The van der Waals surface area contributed by atoms with E-state index in [1.165, 1.54) is 6.07 Å². The first-order valence-corrected chi connectivity index (χ1v) is 9.24. The lowest BCUT2D eigenvalue weighted by Crippen LogP contribution is -2.12. The van der Waals surface area contributed by atoms with Gasteiger partial charge in [-0.1, -0.05) is 12.1 Å². The van der Waals surface area contributed by atoms with Crippen molar-refractivity contribution in [1.82, 2.24) is 15.0 Å². The monoisotopic (exact) mass is 415 g/mol. The molecule has 156 valence electrons. The Morgan fingerprint density at radius 3 is 2.60 bits per heavy atom. The van der Waals surface area contributed by atoms with Crippen LogP contribution in [-0.2, 0) is 6.18 Å². The van der Waals surface area contributed by atoms with E-state index in [9.17, 15) is 13.2 Å². The molecule has 0 radical (unpaired) electrons. The number of methoxy groups -OCH3 is 1. The average molecular weight is 415 g/mol. The number of para-hydroxylation sites is 1. The first-order chi connectivity index (χ1) is 14.2. The zero-order valence-electron chi connectivity index (χ0n) is 16.6. The number of ether oxygens (including phenoxy) is 1. The van der Waals surface area contributed by atoms with Crippen LogP contribution in [0.2, 0.25) is 0 Å². The van der Waals surface area contributed by atoms with Crippen LogP contribution in [0.15, 0.2) is 36.4 Å². The maximum absolute atomic E-state index is 13.2. The van der Waals surface area contributed by atoms with E-state index in [0.29, 0.717) is 34.0 Å². The summed E-state index contributed by atoms with van der Waals surface area (Å²) in [5, 5.41) is 4.07. The van der Waals surface area contributed by atoms with Crippen LogP contribution < -0.4 is 15.8 Å². The summed E-state index contributed by atoms with van der Waals surface area (Å²) < 4.78 is 44.9.